The summed E-state index contributed by atoms with van der Waals surface area (Å²) in [5.41, 5.74) is 1.27. The van der Waals surface area contributed by atoms with Gasteiger partial charge in [0, 0.05) is 43.0 Å². The fourth-order valence-corrected chi connectivity index (χ4v) is 2.77. The highest BCUT2D eigenvalue weighted by molar-refractivity contribution is 14.0. The van der Waals surface area contributed by atoms with Crippen LogP contribution in [0.25, 0.3) is 0 Å². The largest absolute Gasteiger partial charge is 0.354 e. The zero-order valence-electron chi connectivity index (χ0n) is 12.4. The predicted octanol–water partition coefficient (Wildman–Crippen LogP) is 3.36. The van der Waals surface area contributed by atoms with E-state index in [1.807, 2.05) is 0 Å². The van der Waals surface area contributed by atoms with Crippen LogP contribution in [0.3, 0.4) is 0 Å². The normalized spacial score (nSPS) is 15.5. The maximum absolute atomic E-state index is 4.59. The molecule has 1 aliphatic carbocycles. The van der Waals surface area contributed by atoms with Crippen molar-refractivity contribution in [2.24, 2.45) is 12.0 Å². The molecule has 0 unspecified atom stereocenters. The van der Waals surface area contributed by atoms with Gasteiger partial charge in [-0.05, 0) is 48.2 Å². The van der Waals surface area contributed by atoms with Gasteiger partial charge in [-0.25, -0.2) is 0 Å². The van der Waals surface area contributed by atoms with Gasteiger partial charge in [0.1, 0.15) is 0 Å². The second-order valence-electron chi connectivity index (χ2n) is 5.19. The summed E-state index contributed by atoms with van der Waals surface area (Å²) >= 11 is 3.52. The minimum absolute atomic E-state index is 0. The van der Waals surface area contributed by atoms with E-state index >= 15 is 0 Å². The molecule has 1 fully saturated rings. The van der Waals surface area contributed by atoms with E-state index < -0.39 is 0 Å². The van der Waals surface area contributed by atoms with E-state index in [9.17, 15) is 0 Å². The minimum atomic E-state index is 0. The van der Waals surface area contributed by atoms with Gasteiger partial charge >= 0.3 is 0 Å². The Kier molecular flexibility index (Phi) is 7.36. The first-order valence-electron chi connectivity index (χ1n) is 6.93. The number of hydrogen-bond donors (Lipinski definition) is 1. The molecule has 0 saturated heterocycles. The molecule has 0 amide bonds. The molecule has 1 N–H and O–H groups in total. The number of nitrogens with zero attached hydrogens (tertiary/aromatic N) is 3. The van der Waals surface area contributed by atoms with E-state index in [1.54, 1.807) is 0 Å². The van der Waals surface area contributed by atoms with Crippen molar-refractivity contribution in [2.75, 3.05) is 13.6 Å². The van der Waals surface area contributed by atoms with Crippen LogP contribution < -0.4 is 5.32 Å². The maximum Gasteiger partial charge on any atom is 0.194 e. The summed E-state index contributed by atoms with van der Waals surface area (Å²) in [6.45, 7) is 3.76. The third-order valence-electron chi connectivity index (χ3n) is 3.58. The van der Waals surface area contributed by atoms with Gasteiger partial charge in [-0.2, -0.15) is 0 Å². The van der Waals surface area contributed by atoms with Crippen molar-refractivity contribution in [3.8, 4) is 0 Å². The Hall–Kier alpha value is -0.240. The molecule has 6 heteroatoms. The van der Waals surface area contributed by atoms with Crippen molar-refractivity contribution in [2.45, 2.75) is 38.8 Å². The standard InChI is InChI=1S/C14H23BrN4.HI/c1-4-16-14(17-12-6-5-7-12)19(3)10-13-8-11(15)9-18(13)2;/h8-9,12H,4-7,10H2,1-3H3,(H,16,17);1H. The van der Waals surface area contributed by atoms with Crippen molar-refractivity contribution >= 4 is 45.9 Å². The van der Waals surface area contributed by atoms with Crippen LogP contribution in [0.2, 0.25) is 0 Å². The average molecular weight is 455 g/mol. The molecule has 1 aromatic rings. The third-order valence-corrected chi connectivity index (χ3v) is 4.02. The van der Waals surface area contributed by atoms with Gasteiger partial charge in [0.2, 0.25) is 0 Å². The summed E-state index contributed by atoms with van der Waals surface area (Å²) < 4.78 is 3.27. The van der Waals surface area contributed by atoms with Crippen molar-refractivity contribution in [1.82, 2.24) is 14.8 Å². The molecule has 1 aliphatic rings. The van der Waals surface area contributed by atoms with E-state index in [2.05, 4.69) is 69.0 Å². The number of nitrogens with one attached hydrogen (secondary N) is 1. The zero-order chi connectivity index (χ0) is 13.8. The quantitative estimate of drug-likeness (QED) is 0.429. The molecular weight excluding hydrogens is 431 g/mol. The molecule has 0 atom stereocenters. The number of aliphatic imine (C=N–C) groups is 1. The van der Waals surface area contributed by atoms with Gasteiger partial charge in [-0.15, -0.1) is 24.0 Å². The van der Waals surface area contributed by atoms with Gasteiger partial charge in [-0.1, -0.05) is 0 Å². The Morgan fingerprint density at radius 1 is 1.55 bits per heavy atom. The van der Waals surface area contributed by atoms with E-state index in [4.69, 9.17) is 0 Å². The first-order chi connectivity index (χ1) is 9.10. The lowest BCUT2D eigenvalue weighted by molar-refractivity contribution is 0.357. The predicted molar refractivity (Wildman–Crippen MR) is 98.7 cm³/mol. The minimum Gasteiger partial charge on any atom is -0.354 e. The molecule has 0 aromatic carbocycles. The van der Waals surface area contributed by atoms with Gasteiger partial charge in [0.15, 0.2) is 5.96 Å². The van der Waals surface area contributed by atoms with Crippen LogP contribution in [0.5, 0.6) is 0 Å². The fourth-order valence-electron chi connectivity index (χ4n) is 2.20. The van der Waals surface area contributed by atoms with Crippen LogP contribution in [0.4, 0.5) is 0 Å². The monoisotopic (exact) mass is 454 g/mol. The number of halogens is 2. The van der Waals surface area contributed by atoms with Gasteiger partial charge in [-0.3, -0.25) is 4.99 Å². The number of aromatic nitrogens is 1. The number of hydrogen-bond acceptors (Lipinski definition) is 1. The topological polar surface area (TPSA) is 32.6 Å². The maximum atomic E-state index is 4.59. The lowest BCUT2D eigenvalue weighted by Crippen LogP contribution is -2.47. The number of rotatable bonds is 4. The molecule has 0 radical (unpaired) electrons. The summed E-state index contributed by atoms with van der Waals surface area (Å²) in [4.78, 5) is 6.79. The lowest BCUT2D eigenvalue weighted by Gasteiger charge is -2.31. The van der Waals surface area contributed by atoms with Crippen LogP contribution >= 0.6 is 39.9 Å². The number of aryl methyl sites for hydroxylation is 1. The highest BCUT2D eigenvalue weighted by Gasteiger charge is 2.20. The van der Waals surface area contributed by atoms with E-state index in [0.717, 1.165) is 23.5 Å². The average Bonchev–Trinajstić information content (AvgIpc) is 2.60. The summed E-state index contributed by atoms with van der Waals surface area (Å²) in [5, 5.41) is 3.56. The second kappa shape index (κ2) is 8.26. The summed E-state index contributed by atoms with van der Waals surface area (Å²) in [6.07, 6.45) is 5.96. The van der Waals surface area contributed by atoms with Crippen molar-refractivity contribution in [1.29, 1.82) is 0 Å². The zero-order valence-corrected chi connectivity index (χ0v) is 16.3. The van der Waals surface area contributed by atoms with E-state index in [1.165, 1.54) is 25.0 Å². The number of guanidine groups is 1. The molecule has 0 spiro atoms. The SMILES string of the molecule is CCN=C(NC1CCC1)N(C)Cc1cc(Br)cn1C.I. The van der Waals surface area contributed by atoms with Crippen molar-refractivity contribution < 1.29 is 0 Å². The third kappa shape index (κ3) is 4.65. The van der Waals surface area contributed by atoms with Crippen LogP contribution in [0.15, 0.2) is 21.7 Å². The Morgan fingerprint density at radius 3 is 2.70 bits per heavy atom. The van der Waals surface area contributed by atoms with Crippen LogP contribution in [0.1, 0.15) is 31.9 Å². The van der Waals surface area contributed by atoms with Crippen LogP contribution in [-0.2, 0) is 13.6 Å². The van der Waals surface area contributed by atoms with Crippen molar-refractivity contribution in [3.63, 3.8) is 0 Å². The van der Waals surface area contributed by atoms with Gasteiger partial charge in [0.25, 0.3) is 0 Å². The Labute approximate surface area is 147 Å². The Morgan fingerprint density at radius 2 is 2.25 bits per heavy atom. The lowest BCUT2D eigenvalue weighted by atomic mass is 9.93. The van der Waals surface area contributed by atoms with E-state index in [-0.39, 0.29) is 24.0 Å². The highest BCUT2D eigenvalue weighted by Crippen LogP contribution is 2.19. The van der Waals surface area contributed by atoms with Crippen LogP contribution in [-0.4, -0.2) is 35.1 Å². The summed E-state index contributed by atoms with van der Waals surface area (Å²) in [5.74, 6) is 1.02. The van der Waals surface area contributed by atoms with Crippen LogP contribution in [0, 0.1) is 0 Å². The molecule has 1 heterocycles. The molecule has 114 valence electrons. The Balaban J connectivity index is 0.00000200. The molecular formula is C14H24BrIN4. The van der Waals surface area contributed by atoms with Gasteiger partial charge < -0.3 is 14.8 Å². The first-order valence-corrected chi connectivity index (χ1v) is 7.72. The molecule has 0 aliphatic heterocycles. The molecule has 4 nitrogen and oxygen atoms in total. The van der Waals surface area contributed by atoms with E-state index in [0.29, 0.717) is 6.04 Å². The summed E-state index contributed by atoms with van der Waals surface area (Å²) in [6, 6.07) is 2.77. The second-order valence-corrected chi connectivity index (χ2v) is 6.10. The first kappa shape index (κ1) is 17.8. The molecule has 1 saturated carbocycles. The molecule has 1 aromatic heterocycles. The van der Waals surface area contributed by atoms with Crippen molar-refractivity contribution in [3.05, 3.63) is 22.4 Å². The molecule has 20 heavy (non-hydrogen) atoms. The molecule has 2 rings (SSSR count). The smallest absolute Gasteiger partial charge is 0.194 e. The highest BCUT2D eigenvalue weighted by atomic mass is 127. The molecule has 0 bridgehead atoms. The van der Waals surface area contributed by atoms with Gasteiger partial charge in [0.05, 0.1) is 6.54 Å². The fraction of sp³-hybridized carbons (Fsp3) is 0.643. The summed E-state index contributed by atoms with van der Waals surface area (Å²) in [7, 11) is 4.17. The Bertz CT molecular complexity index is 454.